The van der Waals surface area contributed by atoms with Gasteiger partial charge in [-0.05, 0) is 30.7 Å². The molecule has 0 aliphatic carbocycles. The molecule has 0 radical (unpaired) electrons. The first-order valence-corrected chi connectivity index (χ1v) is 13.6. The van der Waals surface area contributed by atoms with Gasteiger partial charge in [-0.2, -0.15) is 0 Å². The van der Waals surface area contributed by atoms with Crippen molar-refractivity contribution in [3.05, 3.63) is 23.8 Å². The molecule has 0 saturated carbocycles. The summed E-state index contributed by atoms with van der Waals surface area (Å²) in [6, 6.07) is 4.46. The Kier molecular flexibility index (Phi) is 18.3. The zero-order valence-corrected chi connectivity index (χ0v) is 20.8. The number of phenols is 2. The molecular weight excluding hydrogens is 398 g/mol. The van der Waals surface area contributed by atoms with Crippen LogP contribution in [0.25, 0.3) is 0 Å². The molecular formula is C28H51NO3. The van der Waals surface area contributed by atoms with Crippen LogP contribution in [-0.2, 0) is 0 Å². The molecule has 4 nitrogen and oxygen atoms in total. The molecule has 0 spiro atoms. The summed E-state index contributed by atoms with van der Waals surface area (Å²) in [5, 5.41) is 32.2. The van der Waals surface area contributed by atoms with Crippen LogP contribution in [0.1, 0.15) is 134 Å². The van der Waals surface area contributed by atoms with E-state index in [2.05, 4.69) is 12.2 Å². The summed E-state index contributed by atoms with van der Waals surface area (Å²) in [6.07, 6.45) is 24.2. The average Bonchev–Trinajstić information content (AvgIpc) is 2.79. The van der Waals surface area contributed by atoms with Crippen molar-refractivity contribution >= 4 is 0 Å². The van der Waals surface area contributed by atoms with Gasteiger partial charge in [0.1, 0.15) is 0 Å². The molecule has 0 saturated heterocycles. The number of hydrogen-bond acceptors (Lipinski definition) is 4. The molecule has 0 aliphatic heterocycles. The lowest BCUT2D eigenvalue weighted by Gasteiger charge is -2.13. The molecule has 1 unspecified atom stereocenters. The summed E-state index contributed by atoms with van der Waals surface area (Å²) < 4.78 is 0. The van der Waals surface area contributed by atoms with Crippen LogP contribution in [-0.4, -0.2) is 28.4 Å². The highest BCUT2D eigenvalue weighted by atomic mass is 16.3. The van der Waals surface area contributed by atoms with Crippen molar-refractivity contribution < 1.29 is 15.3 Å². The minimum Gasteiger partial charge on any atom is -0.504 e. The van der Waals surface area contributed by atoms with Crippen LogP contribution in [0.15, 0.2) is 18.2 Å². The van der Waals surface area contributed by atoms with Crippen LogP contribution in [0, 0.1) is 0 Å². The van der Waals surface area contributed by atoms with Gasteiger partial charge in [-0.3, -0.25) is 0 Å². The molecule has 186 valence electrons. The molecule has 4 heteroatoms. The molecule has 1 aromatic rings. The summed E-state index contributed by atoms with van der Waals surface area (Å²) in [4.78, 5) is 0. The van der Waals surface area contributed by atoms with Gasteiger partial charge in [0.05, 0.1) is 6.10 Å². The lowest BCUT2D eigenvalue weighted by atomic mass is 10.0. The standard InChI is InChI=1S/C28H51NO3/c1-2-3-4-5-6-7-8-9-10-11-12-13-14-15-16-17-18-19-22-29-24-28(32)25-20-21-26(30)27(31)23-25/h20-21,23,28-32H,2-19,22,24H2,1H3. The molecule has 0 fully saturated rings. The van der Waals surface area contributed by atoms with E-state index < -0.39 is 6.10 Å². The van der Waals surface area contributed by atoms with Crippen LogP contribution >= 0.6 is 0 Å². The monoisotopic (exact) mass is 449 g/mol. The number of nitrogens with one attached hydrogen (secondary N) is 1. The zero-order chi connectivity index (χ0) is 23.3. The highest BCUT2D eigenvalue weighted by Crippen LogP contribution is 2.27. The quantitative estimate of drug-likeness (QED) is 0.108. The second kappa shape index (κ2) is 20.4. The van der Waals surface area contributed by atoms with Crippen molar-refractivity contribution in [2.75, 3.05) is 13.1 Å². The van der Waals surface area contributed by atoms with E-state index in [0.29, 0.717) is 12.1 Å². The summed E-state index contributed by atoms with van der Waals surface area (Å²) in [6.45, 7) is 3.65. The minimum absolute atomic E-state index is 0.160. The van der Waals surface area contributed by atoms with Crippen LogP contribution in [0.3, 0.4) is 0 Å². The SMILES string of the molecule is CCCCCCCCCCCCCCCCCCCCNCC(O)c1ccc(O)c(O)c1. The van der Waals surface area contributed by atoms with Crippen molar-refractivity contribution in [1.82, 2.24) is 5.32 Å². The maximum atomic E-state index is 10.1. The minimum atomic E-state index is -0.669. The fourth-order valence-electron chi connectivity index (χ4n) is 4.26. The lowest BCUT2D eigenvalue weighted by molar-refractivity contribution is 0.174. The number of aliphatic hydroxyl groups excluding tert-OH is 1. The van der Waals surface area contributed by atoms with E-state index in [-0.39, 0.29) is 11.5 Å². The van der Waals surface area contributed by atoms with Crippen LogP contribution in [0.2, 0.25) is 0 Å². The number of phenolic OH excluding ortho intramolecular Hbond substituents is 2. The Morgan fingerprint density at radius 1 is 0.625 bits per heavy atom. The molecule has 4 N–H and O–H groups in total. The Labute approximate surface area is 197 Å². The van der Waals surface area contributed by atoms with Gasteiger partial charge in [-0.1, -0.05) is 122 Å². The largest absolute Gasteiger partial charge is 0.504 e. The Morgan fingerprint density at radius 2 is 1.06 bits per heavy atom. The van der Waals surface area contributed by atoms with Gasteiger partial charge in [-0.25, -0.2) is 0 Å². The van der Waals surface area contributed by atoms with Crippen LogP contribution in [0.5, 0.6) is 11.5 Å². The van der Waals surface area contributed by atoms with Gasteiger partial charge < -0.3 is 20.6 Å². The number of aliphatic hydroxyl groups is 1. The summed E-state index contributed by atoms with van der Waals surface area (Å²) >= 11 is 0. The Hall–Kier alpha value is -1.26. The van der Waals surface area contributed by atoms with Gasteiger partial charge in [-0.15, -0.1) is 0 Å². The third kappa shape index (κ3) is 15.5. The number of benzene rings is 1. The van der Waals surface area contributed by atoms with E-state index in [4.69, 9.17) is 0 Å². The van der Waals surface area contributed by atoms with Gasteiger partial charge in [0, 0.05) is 6.54 Å². The highest BCUT2D eigenvalue weighted by molar-refractivity contribution is 5.41. The molecule has 0 aromatic heterocycles. The topological polar surface area (TPSA) is 72.7 Å². The van der Waals surface area contributed by atoms with E-state index in [1.54, 1.807) is 6.07 Å². The average molecular weight is 450 g/mol. The molecule has 0 aliphatic rings. The Balaban J connectivity index is 1.78. The number of unbranched alkanes of at least 4 members (excludes halogenated alkanes) is 17. The van der Waals surface area contributed by atoms with Crippen molar-refractivity contribution in [2.45, 2.75) is 129 Å². The fourth-order valence-corrected chi connectivity index (χ4v) is 4.26. The Bertz CT molecular complexity index is 549. The molecule has 1 rings (SSSR count). The van der Waals surface area contributed by atoms with Gasteiger partial charge in [0.15, 0.2) is 11.5 Å². The molecule has 1 atom stereocenters. The zero-order valence-electron chi connectivity index (χ0n) is 20.8. The van der Waals surface area contributed by atoms with Crippen molar-refractivity contribution in [1.29, 1.82) is 0 Å². The van der Waals surface area contributed by atoms with E-state index in [1.165, 1.54) is 121 Å². The first-order chi connectivity index (χ1) is 15.6. The first-order valence-electron chi connectivity index (χ1n) is 13.6. The first kappa shape index (κ1) is 28.8. The van der Waals surface area contributed by atoms with E-state index >= 15 is 0 Å². The molecule has 32 heavy (non-hydrogen) atoms. The van der Waals surface area contributed by atoms with E-state index in [1.807, 2.05) is 0 Å². The summed E-state index contributed by atoms with van der Waals surface area (Å²) in [5.41, 5.74) is 0.616. The third-order valence-corrected chi connectivity index (χ3v) is 6.43. The number of hydrogen-bond donors (Lipinski definition) is 4. The summed E-state index contributed by atoms with van der Waals surface area (Å²) in [5.74, 6) is -0.349. The fraction of sp³-hybridized carbons (Fsp3) is 0.786. The van der Waals surface area contributed by atoms with Crippen LogP contribution in [0.4, 0.5) is 0 Å². The maximum Gasteiger partial charge on any atom is 0.157 e. The van der Waals surface area contributed by atoms with E-state index in [0.717, 1.165) is 13.0 Å². The molecule has 0 bridgehead atoms. The molecule has 0 amide bonds. The highest BCUT2D eigenvalue weighted by Gasteiger charge is 2.09. The van der Waals surface area contributed by atoms with E-state index in [9.17, 15) is 15.3 Å². The van der Waals surface area contributed by atoms with Gasteiger partial charge >= 0.3 is 0 Å². The second-order valence-corrected chi connectivity index (χ2v) is 9.48. The normalized spacial score (nSPS) is 12.3. The number of rotatable bonds is 22. The van der Waals surface area contributed by atoms with Crippen molar-refractivity contribution in [2.24, 2.45) is 0 Å². The molecule has 0 heterocycles. The number of aromatic hydroxyl groups is 2. The second-order valence-electron chi connectivity index (χ2n) is 9.48. The van der Waals surface area contributed by atoms with Crippen LogP contribution < -0.4 is 5.32 Å². The summed E-state index contributed by atoms with van der Waals surface area (Å²) in [7, 11) is 0. The Morgan fingerprint density at radius 3 is 1.50 bits per heavy atom. The predicted molar refractivity (Wildman–Crippen MR) is 136 cm³/mol. The van der Waals surface area contributed by atoms with Crippen molar-refractivity contribution in [3.8, 4) is 11.5 Å². The smallest absolute Gasteiger partial charge is 0.157 e. The molecule has 1 aromatic carbocycles. The predicted octanol–water partition coefficient (Wildman–Crippen LogP) is 7.76. The maximum absolute atomic E-state index is 10.1. The van der Waals surface area contributed by atoms with Crippen molar-refractivity contribution in [3.63, 3.8) is 0 Å². The van der Waals surface area contributed by atoms with Gasteiger partial charge in [0.2, 0.25) is 0 Å². The lowest BCUT2D eigenvalue weighted by Crippen LogP contribution is -2.22. The third-order valence-electron chi connectivity index (χ3n) is 6.43. The van der Waals surface area contributed by atoms with Gasteiger partial charge in [0.25, 0.3) is 0 Å².